The molecule has 0 saturated carbocycles. The van der Waals surface area contributed by atoms with Crippen molar-refractivity contribution in [1.29, 1.82) is 5.26 Å². The van der Waals surface area contributed by atoms with Gasteiger partial charge in [0.25, 0.3) is 5.91 Å². The number of fused-ring (bicyclic) bond motifs is 1. The van der Waals surface area contributed by atoms with E-state index < -0.39 is 40.8 Å². The molecule has 9 nitrogen and oxygen atoms in total. The van der Waals surface area contributed by atoms with Crippen molar-refractivity contribution in [3.05, 3.63) is 92.8 Å². The predicted octanol–water partition coefficient (Wildman–Crippen LogP) is 3.89. The first-order valence-corrected chi connectivity index (χ1v) is 15.4. The van der Waals surface area contributed by atoms with Crippen LogP contribution in [0.15, 0.2) is 42.7 Å². The van der Waals surface area contributed by atoms with Crippen LogP contribution in [-0.4, -0.2) is 69.8 Å². The minimum atomic E-state index is -2.60. The Labute approximate surface area is 265 Å². The van der Waals surface area contributed by atoms with Crippen molar-refractivity contribution < 1.29 is 28.5 Å². The molecule has 2 fully saturated rings. The number of benzene rings is 2. The van der Waals surface area contributed by atoms with E-state index in [0.29, 0.717) is 43.3 Å². The summed E-state index contributed by atoms with van der Waals surface area (Å²) in [5.41, 5.74) is -6.72. The van der Waals surface area contributed by atoms with E-state index in [1.165, 1.54) is 30.6 Å². The average Bonchev–Trinajstić information content (AvgIpc) is 3.65. The Morgan fingerprint density at radius 1 is 1.24 bits per heavy atom. The van der Waals surface area contributed by atoms with Crippen LogP contribution in [0, 0.1) is 17.1 Å². The second kappa shape index (κ2) is 11.7. The lowest BCUT2D eigenvalue weighted by molar-refractivity contribution is -0.505. The zero-order chi connectivity index (χ0) is 32.1. The van der Waals surface area contributed by atoms with Gasteiger partial charge in [-0.1, -0.05) is 24.6 Å². The molecule has 45 heavy (non-hydrogen) atoms. The van der Waals surface area contributed by atoms with Crippen LogP contribution in [0.1, 0.15) is 82.5 Å². The van der Waals surface area contributed by atoms with Crippen molar-refractivity contribution in [2.75, 3.05) is 33.4 Å². The molecule has 2 aromatic carbocycles. The topological polar surface area (TPSA) is 126 Å². The number of hydrogen-bond donors (Lipinski definition) is 1. The Kier molecular flexibility index (Phi) is 8.16. The van der Waals surface area contributed by atoms with Gasteiger partial charge in [0.1, 0.15) is 29.0 Å². The van der Waals surface area contributed by atoms with Crippen LogP contribution in [0.5, 0.6) is 0 Å². The minimum absolute atomic E-state index is 0.0196. The summed E-state index contributed by atoms with van der Waals surface area (Å²) in [4.78, 5) is 25.5. The normalized spacial score (nSPS) is 24.4. The van der Waals surface area contributed by atoms with Gasteiger partial charge in [-0.15, -0.1) is 0 Å². The maximum absolute atomic E-state index is 16.6. The van der Waals surface area contributed by atoms with Gasteiger partial charge < -0.3 is 24.7 Å². The highest BCUT2D eigenvalue weighted by Gasteiger charge is 2.54. The van der Waals surface area contributed by atoms with E-state index >= 15 is 13.9 Å². The van der Waals surface area contributed by atoms with E-state index in [9.17, 15) is 15.2 Å². The Morgan fingerprint density at radius 3 is 2.58 bits per heavy atom. The van der Waals surface area contributed by atoms with Crippen LogP contribution >= 0.6 is 11.6 Å². The first kappa shape index (κ1) is 31.5. The number of hydrogen-bond acceptors (Lipinski definition) is 8. The van der Waals surface area contributed by atoms with Crippen LogP contribution in [-0.2, 0) is 22.6 Å². The van der Waals surface area contributed by atoms with Crippen molar-refractivity contribution >= 4 is 17.5 Å². The van der Waals surface area contributed by atoms with Gasteiger partial charge in [0.15, 0.2) is 0 Å². The summed E-state index contributed by atoms with van der Waals surface area (Å²) in [6.45, 7) is 2.80. The summed E-state index contributed by atoms with van der Waals surface area (Å²) >= 11 is 6.37. The summed E-state index contributed by atoms with van der Waals surface area (Å²) in [7, 11) is 1.86. The van der Waals surface area contributed by atoms with Crippen molar-refractivity contribution in [3.8, 4) is 6.07 Å². The monoisotopic (exact) mass is 636 g/mol. The fraction of sp³-hybridized carbons (Fsp3) is 0.455. The molecule has 2 saturated heterocycles. The molecule has 12 heteroatoms. The third kappa shape index (κ3) is 5.09. The van der Waals surface area contributed by atoms with Crippen molar-refractivity contribution in [2.24, 2.45) is 0 Å². The number of rotatable bonds is 7. The van der Waals surface area contributed by atoms with Gasteiger partial charge in [0, 0.05) is 59.9 Å². The Morgan fingerprint density at radius 2 is 1.96 bits per heavy atom. The second-order valence-electron chi connectivity index (χ2n) is 12.2. The number of aromatic nitrogens is 2. The fourth-order valence-corrected chi connectivity index (χ4v) is 7.19. The third-order valence-corrected chi connectivity index (χ3v) is 9.91. The van der Waals surface area contributed by atoms with E-state index in [2.05, 4.69) is 9.97 Å². The Bertz CT molecular complexity index is 1670. The number of amides is 1. The lowest BCUT2D eigenvalue weighted by atomic mass is 9.71. The fourth-order valence-electron chi connectivity index (χ4n) is 7.01. The zero-order valence-electron chi connectivity index (χ0n) is 25.0. The van der Waals surface area contributed by atoms with E-state index in [1.807, 2.05) is 18.0 Å². The quantitative estimate of drug-likeness (QED) is 0.414. The Balaban J connectivity index is 1.54. The molecular weight excluding hydrogens is 604 g/mol. The van der Waals surface area contributed by atoms with E-state index in [-0.39, 0.29) is 53.3 Å². The summed E-state index contributed by atoms with van der Waals surface area (Å²) in [5, 5.41) is 36.9. The summed E-state index contributed by atoms with van der Waals surface area (Å²) in [6, 6.07) is 8.85. The summed E-state index contributed by atoms with van der Waals surface area (Å²) in [5.74, 6) is -2.00. The van der Waals surface area contributed by atoms with E-state index in [4.69, 9.17) is 16.3 Å². The smallest absolute Gasteiger partial charge is 0.254 e. The molecular formula is C33H33ClF2N5O4-. The number of nitriles is 1. The molecule has 1 amide bonds. The maximum Gasteiger partial charge on any atom is 0.254 e. The van der Waals surface area contributed by atoms with Gasteiger partial charge in [-0.2, -0.15) is 5.26 Å². The molecule has 2 unspecified atom stereocenters. The summed E-state index contributed by atoms with van der Waals surface area (Å²) in [6.07, 6.45) is 3.11. The average molecular weight is 637 g/mol. The molecule has 1 N–H and O–H groups in total. The molecule has 0 bridgehead atoms. The van der Waals surface area contributed by atoms with Gasteiger partial charge in [-0.05, 0) is 73.7 Å². The van der Waals surface area contributed by atoms with Crippen LogP contribution in [0.2, 0.25) is 5.02 Å². The SMILES string of the molecule is CCC(O)(c1cc(F)c2c(c1)C(=O)N(Cc1ncc(C#N)cn1)[C@@]2([O-])c1ccc(Cl)cc1C1CCOC1)C1(F)CCN(C)CC1. The number of aliphatic hydroxyl groups is 1. The molecule has 1 aromatic heterocycles. The van der Waals surface area contributed by atoms with Crippen LogP contribution < -0.4 is 5.11 Å². The van der Waals surface area contributed by atoms with Crippen LogP contribution in [0.4, 0.5) is 8.78 Å². The highest BCUT2D eigenvalue weighted by atomic mass is 35.5. The zero-order valence-corrected chi connectivity index (χ0v) is 25.8. The van der Waals surface area contributed by atoms with Crippen LogP contribution in [0.25, 0.3) is 0 Å². The molecule has 3 aromatic rings. The molecule has 4 heterocycles. The molecule has 3 aliphatic heterocycles. The first-order chi connectivity index (χ1) is 21.4. The third-order valence-electron chi connectivity index (χ3n) is 9.68. The standard InChI is InChI=1S/C33H33ClF2N5O4/c1-3-32(43,31(36)7-9-40(2)10-8-31)22-12-25-29(27(35)13-22)33(44,26-5-4-23(34)14-24(26)21-6-11-45-19-21)41(30(25)42)18-28-38-16-20(15-37)17-39-28/h4-5,12-14,16-17,21,43H,3,6-11,18-19H2,1-2H3/q-1/t21?,32?,33-/m1/s1. The first-order valence-electron chi connectivity index (χ1n) is 15.0. The number of likely N-dealkylation sites (tertiary alicyclic amines) is 1. The predicted molar refractivity (Wildman–Crippen MR) is 158 cm³/mol. The molecule has 0 radical (unpaired) electrons. The van der Waals surface area contributed by atoms with Crippen LogP contribution in [0.3, 0.4) is 0 Å². The number of carbonyl (C=O) groups excluding carboxylic acids is 1. The number of ether oxygens (including phenoxy) is 1. The molecule has 236 valence electrons. The van der Waals surface area contributed by atoms with E-state index in [1.54, 1.807) is 13.0 Å². The van der Waals surface area contributed by atoms with Gasteiger partial charge in [-0.25, -0.2) is 18.7 Å². The van der Waals surface area contributed by atoms with E-state index in [0.717, 1.165) is 11.0 Å². The number of carbonyl (C=O) groups is 1. The number of halogens is 3. The number of nitrogens with zero attached hydrogens (tertiary/aromatic N) is 5. The maximum atomic E-state index is 16.6. The highest BCUT2D eigenvalue weighted by molar-refractivity contribution is 6.30. The molecule has 6 rings (SSSR count). The largest absolute Gasteiger partial charge is 0.826 e. The minimum Gasteiger partial charge on any atom is -0.826 e. The lowest BCUT2D eigenvalue weighted by Crippen LogP contribution is -2.55. The van der Waals surface area contributed by atoms with Gasteiger partial charge in [0.05, 0.1) is 18.7 Å². The van der Waals surface area contributed by atoms with Gasteiger partial charge in [-0.3, -0.25) is 4.79 Å². The number of piperidine rings is 1. The van der Waals surface area contributed by atoms with Crippen molar-refractivity contribution in [1.82, 2.24) is 19.8 Å². The molecule has 0 aliphatic carbocycles. The highest BCUT2D eigenvalue weighted by Crippen LogP contribution is 2.50. The van der Waals surface area contributed by atoms with Gasteiger partial charge >= 0.3 is 0 Å². The number of alkyl halides is 1. The Hall–Kier alpha value is -3.53. The second-order valence-corrected chi connectivity index (χ2v) is 12.6. The van der Waals surface area contributed by atoms with Crippen molar-refractivity contribution in [2.45, 2.75) is 62.1 Å². The lowest BCUT2D eigenvalue weighted by Gasteiger charge is -2.47. The molecule has 3 aliphatic rings. The molecule has 3 atom stereocenters. The van der Waals surface area contributed by atoms with Crippen molar-refractivity contribution in [3.63, 3.8) is 0 Å². The van der Waals surface area contributed by atoms with Gasteiger partial charge in [0.2, 0.25) is 0 Å². The molecule has 0 spiro atoms. The summed E-state index contributed by atoms with van der Waals surface area (Å²) < 4.78 is 38.7.